The number of rotatable bonds is 3. The van der Waals surface area contributed by atoms with Crippen LogP contribution in [0.1, 0.15) is 51.0 Å². The number of nitriles is 1. The molecule has 0 bridgehead atoms. The SMILES string of the molecule is CC(C)c1ccccc1NC(=O)C1(C#N)CCCC1. The van der Waals surface area contributed by atoms with Gasteiger partial charge in [0.05, 0.1) is 6.07 Å². The first-order valence-corrected chi connectivity index (χ1v) is 6.91. The lowest BCUT2D eigenvalue weighted by molar-refractivity contribution is -0.122. The van der Waals surface area contributed by atoms with Crippen molar-refractivity contribution in [2.45, 2.75) is 45.4 Å². The Morgan fingerprint density at radius 3 is 2.53 bits per heavy atom. The highest BCUT2D eigenvalue weighted by Gasteiger charge is 2.41. The van der Waals surface area contributed by atoms with Crippen molar-refractivity contribution in [3.8, 4) is 6.07 Å². The van der Waals surface area contributed by atoms with Gasteiger partial charge in [0, 0.05) is 5.69 Å². The van der Waals surface area contributed by atoms with Crippen molar-refractivity contribution in [3.05, 3.63) is 29.8 Å². The van der Waals surface area contributed by atoms with Gasteiger partial charge in [-0.25, -0.2) is 0 Å². The van der Waals surface area contributed by atoms with Crippen molar-refractivity contribution in [2.24, 2.45) is 5.41 Å². The Kier molecular flexibility index (Phi) is 3.90. The molecule has 100 valence electrons. The number of nitrogens with one attached hydrogen (secondary N) is 1. The Morgan fingerprint density at radius 2 is 1.95 bits per heavy atom. The summed E-state index contributed by atoms with van der Waals surface area (Å²) in [5.41, 5.74) is 1.13. The molecule has 0 aliphatic heterocycles. The van der Waals surface area contributed by atoms with E-state index in [4.69, 9.17) is 0 Å². The van der Waals surface area contributed by atoms with Crippen molar-refractivity contribution in [1.82, 2.24) is 0 Å². The van der Waals surface area contributed by atoms with Gasteiger partial charge < -0.3 is 5.32 Å². The summed E-state index contributed by atoms with van der Waals surface area (Å²) < 4.78 is 0. The first-order valence-electron chi connectivity index (χ1n) is 6.91. The summed E-state index contributed by atoms with van der Waals surface area (Å²) >= 11 is 0. The average molecular weight is 256 g/mol. The van der Waals surface area contributed by atoms with Crippen molar-refractivity contribution in [2.75, 3.05) is 5.32 Å². The number of benzene rings is 1. The highest BCUT2D eigenvalue weighted by Crippen LogP contribution is 2.39. The molecule has 19 heavy (non-hydrogen) atoms. The molecule has 0 saturated heterocycles. The molecule has 1 fully saturated rings. The lowest BCUT2D eigenvalue weighted by Gasteiger charge is -2.21. The fourth-order valence-corrected chi connectivity index (χ4v) is 2.72. The molecule has 0 radical (unpaired) electrons. The molecular weight excluding hydrogens is 236 g/mol. The highest BCUT2D eigenvalue weighted by molar-refractivity contribution is 5.98. The monoisotopic (exact) mass is 256 g/mol. The number of hydrogen-bond acceptors (Lipinski definition) is 2. The van der Waals surface area contributed by atoms with E-state index in [0.717, 1.165) is 24.1 Å². The Hall–Kier alpha value is -1.82. The summed E-state index contributed by atoms with van der Waals surface area (Å²) in [5.74, 6) is 0.207. The van der Waals surface area contributed by atoms with Gasteiger partial charge in [-0.15, -0.1) is 0 Å². The van der Waals surface area contributed by atoms with Crippen LogP contribution in [-0.2, 0) is 4.79 Å². The van der Waals surface area contributed by atoms with Gasteiger partial charge in [-0.05, 0) is 30.4 Å². The van der Waals surface area contributed by atoms with Gasteiger partial charge >= 0.3 is 0 Å². The van der Waals surface area contributed by atoms with Gasteiger partial charge in [0.25, 0.3) is 0 Å². The molecule has 1 aromatic rings. The van der Waals surface area contributed by atoms with Crippen LogP contribution < -0.4 is 5.32 Å². The second-order valence-electron chi connectivity index (χ2n) is 5.60. The van der Waals surface area contributed by atoms with E-state index in [0.29, 0.717) is 18.8 Å². The molecule has 0 unspecified atom stereocenters. The number of amides is 1. The van der Waals surface area contributed by atoms with Crippen molar-refractivity contribution < 1.29 is 4.79 Å². The fourth-order valence-electron chi connectivity index (χ4n) is 2.72. The normalized spacial score (nSPS) is 17.2. The molecule has 1 amide bonds. The Bertz CT molecular complexity index is 508. The zero-order valence-corrected chi connectivity index (χ0v) is 11.6. The fraction of sp³-hybridized carbons (Fsp3) is 0.500. The van der Waals surface area contributed by atoms with E-state index in [1.54, 1.807) is 0 Å². The molecule has 0 atom stereocenters. The third kappa shape index (κ3) is 2.63. The van der Waals surface area contributed by atoms with Crippen LogP contribution in [0.2, 0.25) is 0 Å². The number of anilines is 1. The summed E-state index contributed by atoms with van der Waals surface area (Å²) in [6, 6.07) is 10.1. The van der Waals surface area contributed by atoms with Crippen molar-refractivity contribution in [1.29, 1.82) is 5.26 Å². The third-order valence-corrected chi connectivity index (χ3v) is 3.94. The van der Waals surface area contributed by atoms with Crippen LogP contribution >= 0.6 is 0 Å². The van der Waals surface area contributed by atoms with Crippen LogP contribution in [0.5, 0.6) is 0 Å². The van der Waals surface area contributed by atoms with Crippen LogP contribution in [0.25, 0.3) is 0 Å². The predicted molar refractivity (Wildman–Crippen MR) is 75.7 cm³/mol. The number of hydrogen-bond donors (Lipinski definition) is 1. The average Bonchev–Trinajstić information content (AvgIpc) is 2.89. The maximum atomic E-state index is 12.4. The maximum absolute atomic E-state index is 12.4. The molecule has 0 aromatic heterocycles. The van der Waals surface area contributed by atoms with Gasteiger partial charge in [-0.1, -0.05) is 44.9 Å². The molecule has 1 N–H and O–H groups in total. The molecule has 1 aliphatic carbocycles. The number of carbonyl (C=O) groups is 1. The van der Waals surface area contributed by atoms with Crippen LogP contribution in [0.15, 0.2) is 24.3 Å². The summed E-state index contributed by atoms with van der Waals surface area (Å²) in [6.45, 7) is 4.20. The van der Waals surface area contributed by atoms with Crippen molar-refractivity contribution >= 4 is 11.6 Å². The summed E-state index contributed by atoms with van der Waals surface area (Å²) in [4.78, 5) is 12.4. The number of nitrogens with zero attached hydrogens (tertiary/aromatic N) is 1. The first-order chi connectivity index (χ1) is 9.09. The smallest absolute Gasteiger partial charge is 0.244 e. The molecule has 3 heteroatoms. The highest BCUT2D eigenvalue weighted by atomic mass is 16.2. The topological polar surface area (TPSA) is 52.9 Å². The molecule has 3 nitrogen and oxygen atoms in total. The Morgan fingerprint density at radius 1 is 1.32 bits per heavy atom. The van der Waals surface area contributed by atoms with Crippen LogP contribution in [0, 0.1) is 16.7 Å². The Balaban J connectivity index is 2.22. The predicted octanol–water partition coefficient (Wildman–Crippen LogP) is 3.83. The third-order valence-electron chi connectivity index (χ3n) is 3.94. The van der Waals surface area contributed by atoms with Crippen LogP contribution in [0.3, 0.4) is 0 Å². The quantitative estimate of drug-likeness (QED) is 0.893. The number of para-hydroxylation sites is 1. The van der Waals surface area contributed by atoms with E-state index in [-0.39, 0.29) is 5.91 Å². The molecule has 2 rings (SSSR count). The van der Waals surface area contributed by atoms with E-state index in [1.165, 1.54) is 0 Å². The van der Waals surface area contributed by atoms with E-state index < -0.39 is 5.41 Å². The van der Waals surface area contributed by atoms with Crippen LogP contribution in [-0.4, -0.2) is 5.91 Å². The second-order valence-corrected chi connectivity index (χ2v) is 5.60. The summed E-state index contributed by atoms with van der Waals surface area (Å²) in [7, 11) is 0. The van der Waals surface area contributed by atoms with Gasteiger partial charge in [0.15, 0.2) is 0 Å². The van der Waals surface area contributed by atoms with Crippen molar-refractivity contribution in [3.63, 3.8) is 0 Å². The minimum Gasteiger partial charge on any atom is -0.324 e. The van der Waals surface area contributed by atoms with Gasteiger partial charge in [-0.2, -0.15) is 5.26 Å². The van der Waals surface area contributed by atoms with Crippen LogP contribution in [0.4, 0.5) is 5.69 Å². The zero-order chi connectivity index (χ0) is 13.9. The van der Waals surface area contributed by atoms with Gasteiger partial charge in [0.2, 0.25) is 5.91 Å². The lowest BCUT2D eigenvalue weighted by Crippen LogP contribution is -2.32. The lowest BCUT2D eigenvalue weighted by atomic mass is 9.86. The van der Waals surface area contributed by atoms with E-state index in [2.05, 4.69) is 25.2 Å². The Labute approximate surface area is 114 Å². The minimum absolute atomic E-state index is 0.138. The zero-order valence-electron chi connectivity index (χ0n) is 11.6. The number of carbonyl (C=O) groups excluding carboxylic acids is 1. The largest absolute Gasteiger partial charge is 0.324 e. The molecule has 1 aliphatic rings. The molecule has 0 heterocycles. The summed E-state index contributed by atoms with van der Waals surface area (Å²) in [6.07, 6.45) is 3.29. The van der Waals surface area contributed by atoms with E-state index in [9.17, 15) is 10.1 Å². The standard InChI is InChI=1S/C16H20N2O/c1-12(2)13-7-3-4-8-14(13)18-15(19)16(11-17)9-5-6-10-16/h3-4,7-8,12H,5-6,9-10H2,1-2H3,(H,18,19). The van der Waals surface area contributed by atoms with E-state index >= 15 is 0 Å². The molecule has 0 spiro atoms. The molecule has 1 aromatic carbocycles. The molecular formula is C16H20N2O. The maximum Gasteiger partial charge on any atom is 0.244 e. The minimum atomic E-state index is -0.815. The second kappa shape index (κ2) is 5.44. The first kappa shape index (κ1) is 13.6. The van der Waals surface area contributed by atoms with Gasteiger partial charge in [-0.3, -0.25) is 4.79 Å². The molecule has 1 saturated carbocycles. The van der Waals surface area contributed by atoms with E-state index in [1.807, 2.05) is 24.3 Å². The summed E-state index contributed by atoms with van der Waals surface area (Å²) in [5, 5.41) is 12.3. The van der Waals surface area contributed by atoms with Gasteiger partial charge in [0.1, 0.15) is 5.41 Å².